The van der Waals surface area contributed by atoms with Crippen LogP contribution in [-0.2, 0) is 50.9 Å². The molecule has 0 aromatic rings. The number of esters is 2. The Morgan fingerprint density at radius 2 is 0.721 bits per heavy atom. The van der Waals surface area contributed by atoms with E-state index in [1.54, 1.807) is 0 Å². The van der Waals surface area contributed by atoms with Gasteiger partial charge in [-0.15, -0.1) is 0 Å². The van der Waals surface area contributed by atoms with Gasteiger partial charge in [0.1, 0.15) is 43.2 Å². The molecule has 3 N–H and O–H groups in total. The molecule has 0 bridgehead atoms. The maximum absolute atomic E-state index is 13.0. The van der Waals surface area contributed by atoms with Crippen molar-refractivity contribution >= 4 is 35.4 Å². The van der Waals surface area contributed by atoms with Crippen LogP contribution in [0.1, 0.15) is 194 Å². The number of rotatable bonds is 40. The number of hydrogen-bond donors (Lipinski definition) is 3. The summed E-state index contributed by atoms with van der Waals surface area (Å²) in [5.41, 5.74) is 0. The molecule has 0 amide bonds. The molecule has 19 nitrogen and oxygen atoms in total. The molecule has 1 aliphatic rings. The number of unbranched alkanes of at least 4 members (excludes halogenated alkanes) is 24. The average molecular weight is 1080 g/mol. The Bertz CT molecular complexity index is 1330. The molecule has 1 aliphatic carbocycles. The summed E-state index contributed by atoms with van der Waals surface area (Å²) < 4.78 is 63.7. The Hall–Kier alpha value is 4.15. The van der Waals surface area contributed by atoms with Crippen molar-refractivity contribution in [1.29, 1.82) is 0 Å². The van der Waals surface area contributed by atoms with Gasteiger partial charge in [-0.1, -0.05) is 168 Å². The van der Waals surface area contributed by atoms with Gasteiger partial charge in [-0.05, 0) is 12.8 Å². The molecule has 1 fully saturated rings. The van der Waals surface area contributed by atoms with Gasteiger partial charge in [0.25, 0.3) is 7.82 Å². The number of phosphoric acid groups is 3. The Morgan fingerprint density at radius 1 is 0.441 bits per heavy atom. The molecule has 0 spiro atoms. The maximum atomic E-state index is 13.0. The van der Waals surface area contributed by atoms with Crippen LogP contribution in [0.4, 0.5) is 0 Å². The summed E-state index contributed by atoms with van der Waals surface area (Å²) in [5.74, 6) is -1.38. The van der Waals surface area contributed by atoms with Crippen LogP contribution < -0.4 is 172 Å². The van der Waals surface area contributed by atoms with Crippen molar-refractivity contribution < 1.29 is 238 Å². The molecule has 0 aliphatic heterocycles. The second-order valence-electron chi connectivity index (χ2n) is 16.6. The number of carbonyl (C=O) groups excluding carboxylic acids is 2. The van der Waals surface area contributed by atoms with Gasteiger partial charge in [0.2, 0.25) is 0 Å². The molecule has 0 aromatic heterocycles. The fourth-order valence-electron chi connectivity index (χ4n) is 7.39. The van der Waals surface area contributed by atoms with E-state index < -0.39 is 91.3 Å². The summed E-state index contributed by atoms with van der Waals surface area (Å²) in [5, 5.41) is 31.5. The molecule has 0 saturated heterocycles. The van der Waals surface area contributed by atoms with Gasteiger partial charge in [-0.2, -0.15) is 0 Å². The van der Waals surface area contributed by atoms with E-state index in [0.717, 1.165) is 57.8 Å². The summed E-state index contributed by atoms with van der Waals surface area (Å²) in [6, 6.07) is 0. The van der Waals surface area contributed by atoms with Crippen molar-refractivity contribution in [2.45, 2.75) is 236 Å². The molecule has 0 radical (unpaired) electrons. The first kappa shape index (κ1) is 81.0. The minimum Gasteiger partial charge on any atom is -0.790 e. The molecule has 374 valence electrons. The van der Waals surface area contributed by atoms with E-state index in [1.165, 1.54) is 96.3 Å². The van der Waals surface area contributed by atoms with Gasteiger partial charge in [-0.3, -0.25) is 14.2 Å². The van der Waals surface area contributed by atoms with Gasteiger partial charge in [-0.25, -0.2) is 0 Å². The van der Waals surface area contributed by atoms with E-state index >= 15 is 0 Å². The van der Waals surface area contributed by atoms with Crippen molar-refractivity contribution in [3.05, 3.63) is 0 Å². The molecule has 68 heavy (non-hydrogen) atoms. The predicted octanol–water partition coefficient (Wildman–Crippen LogP) is -10.2. The van der Waals surface area contributed by atoms with Gasteiger partial charge in [0.05, 0.1) is 22.3 Å². The first-order valence-electron chi connectivity index (χ1n) is 23.2. The smallest absolute Gasteiger partial charge is 0.790 e. The SMILES string of the molecule is CCCCCCCCCCCCCCCC(=O)OC[C@@H](COP(=O)([O-])OC1[C@H](O)[C@H](OP(=O)([O-])[O-])C(O)[C@H](OP(=O)([O-])[O-])[C@H]1O)OC(=O)CCCCCCCCCCCCCCC.[Na+].[Na+].[Na+].[Na+].[Na+]. The third-order valence-electron chi connectivity index (χ3n) is 10.9. The number of phosphoric ester groups is 3. The summed E-state index contributed by atoms with van der Waals surface area (Å²) in [4.78, 5) is 83.5. The maximum Gasteiger partial charge on any atom is 1.00 e. The van der Waals surface area contributed by atoms with E-state index in [-0.39, 0.29) is 161 Å². The number of ether oxygens (including phenoxy) is 2. The van der Waals surface area contributed by atoms with Crippen LogP contribution in [0.5, 0.6) is 0 Å². The zero-order chi connectivity index (χ0) is 47.2. The Balaban J connectivity index is -0.00000265. The summed E-state index contributed by atoms with van der Waals surface area (Å²) >= 11 is 0. The molecular formula is C41H76Na5O19P3. The Kier molecular flexibility index (Phi) is 57.5. The molecular weight excluding hydrogens is 1000 g/mol. The fourth-order valence-corrected chi connectivity index (χ4v) is 9.44. The minimum atomic E-state index is -6.09. The largest absolute Gasteiger partial charge is 1.00 e. The van der Waals surface area contributed by atoms with E-state index in [9.17, 15) is 63.1 Å². The Labute approximate surface area is 516 Å². The molecule has 0 aromatic carbocycles. The molecule has 3 unspecified atom stereocenters. The predicted molar refractivity (Wildman–Crippen MR) is 223 cm³/mol. The monoisotopic (exact) mass is 1080 g/mol. The molecule has 1 rings (SSSR count). The molecule has 1 saturated carbocycles. The van der Waals surface area contributed by atoms with Gasteiger partial charge >= 0.3 is 160 Å². The number of hydrogen-bond acceptors (Lipinski definition) is 19. The Morgan fingerprint density at radius 3 is 1.03 bits per heavy atom. The van der Waals surface area contributed by atoms with Crippen LogP contribution >= 0.6 is 23.5 Å². The van der Waals surface area contributed by atoms with E-state index in [1.807, 2.05) is 0 Å². The van der Waals surface area contributed by atoms with Gasteiger partial charge < -0.3 is 76.5 Å². The third-order valence-corrected chi connectivity index (χ3v) is 12.9. The van der Waals surface area contributed by atoms with Crippen LogP contribution in [0, 0.1) is 0 Å². The van der Waals surface area contributed by atoms with Gasteiger partial charge in [0, 0.05) is 12.8 Å². The minimum absolute atomic E-state index is 0. The van der Waals surface area contributed by atoms with Crippen molar-refractivity contribution in [3.63, 3.8) is 0 Å². The first-order valence-corrected chi connectivity index (χ1v) is 27.6. The summed E-state index contributed by atoms with van der Waals surface area (Å²) in [6.07, 6.45) is 11.0. The summed E-state index contributed by atoms with van der Waals surface area (Å²) in [6.45, 7) is 2.74. The van der Waals surface area contributed by atoms with Crippen LogP contribution in [0.25, 0.3) is 0 Å². The van der Waals surface area contributed by atoms with Gasteiger partial charge in [0.15, 0.2) is 6.10 Å². The fraction of sp³-hybridized carbons (Fsp3) is 0.951. The second kappa shape index (κ2) is 48.3. The van der Waals surface area contributed by atoms with Crippen LogP contribution in [0.2, 0.25) is 0 Å². The number of carbonyl (C=O) groups is 2. The van der Waals surface area contributed by atoms with Crippen LogP contribution in [-0.4, -0.2) is 83.2 Å². The first-order chi connectivity index (χ1) is 29.8. The molecule has 27 heteroatoms. The van der Waals surface area contributed by atoms with Crippen LogP contribution in [0.15, 0.2) is 0 Å². The second-order valence-corrected chi connectivity index (χ2v) is 20.2. The van der Waals surface area contributed by atoms with Crippen molar-refractivity contribution in [1.82, 2.24) is 0 Å². The van der Waals surface area contributed by atoms with E-state index in [4.69, 9.17) is 14.0 Å². The molecule has 8 atom stereocenters. The quantitative estimate of drug-likeness (QED) is 0.0222. The van der Waals surface area contributed by atoms with Crippen molar-refractivity contribution in [3.8, 4) is 0 Å². The number of aliphatic hydroxyl groups excluding tert-OH is 3. The number of aliphatic hydroxyl groups is 3. The van der Waals surface area contributed by atoms with E-state index in [2.05, 4.69) is 27.4 Å². The van der Waals surface area contributed by atoms with Crippen molar-refractivity contribution in [2.24, 2.45) is 0 Å². The van der Waals surface area contributed by atoms with E-state index in [0.29, 0.717) is 12.8 Å². The molecule has 0 heterocycles. The normalized spacial score (nSPS) is 20.5. The standard InChI is InChI=1S/C41H81O19P3.5Na/c1-3-5-7-9-11-13-15-17-19-21-23-25-27-29-34(42)55-31-33(57-35(43)30-28-26-24-22-20-18-16-14-12-10-8-6-4-2)32-56-63(53,54)60-41-37(45)39(58-61(47,48)49)36(44)40(38(41)46)59-62(50,51)52;;;;;/h33,36-41,44-46H,3-32H2,1-2H3,(H,53,54)(H2,47,48,49)(H2,50,51,52);;;;;/q;5*+1/p-5/t33-,36?,37+,38+,39-,40+,41?;;;;;/m0...../s1. The summed E-state index contributed by atoms with van der Waals surface area (Å²) in [7, 11) is -18.0. The van der Waals surface area contributed by atoms with Crippen LogP contribution in [0.3, 0.4) is 0 Å². The average Bonchev–Trinajstić information content (AvgIpc) is 3.20. The zero-order valence-electron chi connectivity index (χ0n) is 42.5. The van der Waals surface area contributed by atoms with Crippen molar-refractivity contribution in [2.75, 3.05) is 13.2 Å². The zero-order valence-corrected chi connectivity index (χ0v) is 55.2. The third kappa shape index (κ3) is 43.2. The topological polar surface area (TPSA) is 317 Å².